The fraction of sp³-hybridized carbons (Fsp3) is 0.167. The van der Waals surface area contributed by atoms with E-state index < -0.39 is 0 Å². The molecule has 0 spiro atoms. The fourth-order valence-corrected chi connectivity index (χ4v) is 3.55. The standard InChI is InChI=1S/C12H12ClIN2S/c1-7-4-5-17-12(7)11(16-15)9-6-8(13)2-3-10(9)14/h2-6,11,16H,15H2,1H3. The Morgan fingerprint density at radius 2 is 2.18 bits per heavy atom. The molecular weight excluding hydrogens is 367 g/mol. The van der Waals surface area contributed by atoms with Gasteiger partial charge >= 0.3 is 0 Å². The van der Waals surface area contributed by atoms with Crippen molar-refractivity contribution in [2.75, 3.05) is 0 Å². The van der Waals surface area contributed by atoms with Gasteiger partial charge in [-0.3, -0.25) is 5.84 Å². The van der Waals surface area contributed by atoms with Gasteiger partial charge in [0.05, 0.1) is 6.04 Å². The topological polar surface area (TPSA) is 38.0 Å². The van der Waals surface area contributed by atoms with Crippen molar-refractivity contribution in [1.29, 1.82) is 0 Å². The summed E-state index contributed by atoms with van der Waals surface area (Å²) in [4.78, 5) is 1.23. The Balaban J connectivity index is 2.49. The van der Waals surface area contributed by atoms with E-state index in [4.69, 9.17) is 17.4 Å². The van der Waals surface area contributed by atoms with E-state index >= 15 is 0 Å². The maximum Gasteiger partial charge on any atom is 0.0815 e. The van der Waals surface area contributed by atoms with E-state index in [1.165, 1.54) is 10.4 Å². The van der Waals surface area contributed by atoms with E-state index in [1.54, 1.807) is 11.3 Å². The van der Waals surface area contributed by atoms with Crippen molar-refractivity contribution in [3.05, 3.63) is 54.2 Å². The van der Waals surface area contributed by atoms with Crippen LogP contribution in [0.5, 0.6) is 0 Å². The number of hydrogen-bond donors (Lipinski definition) is 2. The monoisotopic (exact) mass is 378 g/mol. The highest BCUT2D eigenvalue weighted by molar-refractivity contribution is 14.1. The summed E-state index contributed by atoms with van der Waals surface area (Å²) in [6.45, 7) is 2.09. The van der Waals surface area contributed by atoms with Crippen molar-refractivity contribution in [2.45, 2.75) is 13.0 Å². The second kappa shape index (κ2) is 5.67. The van der Waals surface area contributed by atoms with Gasteiger partial charge in [-0.25, -0.2) is 5.43 Å². The highest BCUT2D eigenvalue weighted by atomic mass is 127. The van der Waals surface area contributed by atoms with Crippen molar-refractivity contribution < 1.29 is 0 Å². The average Bonchev–Trinajstić information content (AvgIpc) is 2.71. The van der Waals surface area contributed by atoms with E-state index in [-0.39, 0.29) is 6.04 Å². The molecule has 1 heterocycles. The van der Waals surface area contributed by atoms with E-state index in [0.717, 1.165) is 14.2 Å². The highest BCUT2D eigenvalue weighted by Gasteiger charge is 2.18. The van der Waals surface area contributed by atoms with Crippen LogP contribution in [0.2, 0.25) is 5.02 Å². The van der Waals surface area contributed by atoms with Gasteiger partial charge in [-0.2, -0.15) is 0 Å². The largest absolute Gasteiger partial charge is 0.271 e. The van der Waals surface area contributed by atoms with Gasteiger partial charge in [-0.15, -0.1) is 11.3 Å². The number of rotatable bonds is 3. The molecular formula is C12H12ClIN2S. The summed E-state index contributed by atoms with van der Waals surface area (Å²) in [5, 5.41) is 2.81. The molecule has 1 aromatic carbocycles. The molecule has 0 radical (unpaired) electrons. The molecule has 0 saturated carbocycles. The zero-order chi connectivity index (χ0) is 12.4. The van der Waals surface area contributed by atoms with Crippen LogP contribution >= 0.6 is 45.5 Å². The number of hydrogen-bond acceptors (Lipinski definition) is 3. The molecule has 1 unspecified atom stereocenters. The third-order valence-electron chi connectivity index (χ3n) is 2.60. The summed E-state index contributed by atoms with van der Waals surface area (Å²) >= 11 is 10.1. The minimum absolute atomic E-state index is 0.000556. The van der Waals surface area contributed by atoms with Crippen molar-refractivity contribution in [2.24, 2.45) is 5.84 Å². The first-order valence-electron chi connectivity index (χ1n) is 5.08. The van der Waals surface area contributed by atoms with Crippen LogP contribution in [0.15, 0.2) is 29.6 Å². The summed E-state index contributed by atoms with van der Waals surface area (Å²) in [5.74, 6) is 5.69. The lowest BCUT2D eigenvalue weighted by Crippen LogP contribution is -2.29. The molecule has 3 N–H and O–H groups in total. The summed E-state index contributed by atoms with van der Waals surface area (Å²) in [5.41, 5.74) is 5.24. The van der Waals surface area contributed by atoms with Crippen LogP contribution < -0.4 is 11.3 Å². The Hall–Kier alpha value is -0.140. The smallest absolute Gasteiger partial charge is 0.0815 e. The molecule has 0 aliphatic carbocycles. The fourth-order valence-electron chi connectivity index (χ4n) is 1.72. The Labute approximate surface area is 123 Å². The van der Waals surface area contributed by atoms with Gasteiger partial charge in [0.2, 0.25) is 0 Å². The third kappa shape index (κ3) is 2.82. The van der Waals surface area contributed by atoms with Gasteiger partial charge in [0.25, 0.3) is 0 Å². The van der Waals surface area contributed by atoms with Gasteiger partial charge in [0, 0.05) is 13.5 Å². The van der Waals surface area contributed by atoms with Crippen LogP contribution in [0.25, 0.3) is 0 Å². The second-order valence-electron chi connectivity index (χ2n) is 3.73. The lowest BCUT2D eigenvalue weighted by molar-refractivity contribution is 0.641. The lowest BCUT2D eigenvalue weighted by Gasteiger charge is -2.18. The number of halogens is 2. The molecule has 0 bridgehead atoms. The maximum atomic E-state index is 6.05. The molecule has 2 nitrogen and oxygen atoms in total. The van der Waals surface area contributed by atoms with Crippen molar-refractivity contribution in [3.63, 3.8) is 0 Å². The first-order valence-corrected chi connectivity index (χ1v) is 7.42. The Bertz CT molecular complexity index is 527. The number of nitrogens with two attached hydrogens (primary N) is 1. The maximum absolute atomic E-state index is 6.05. The van der Waals surface area contributed by atoms with E-state index in [0.29, 0.717) is 0 Å². The molecule has 0 aliphatic rings. The summed E-state index contributed by atoms with van der Waals surface area (Å²) in [6.07, 6.45) is 0. The average molecular weight is 379 g/mol. The first kappa shape index (κ1) is 13.3. The van der Waals surface area contributed by atoms with Gasteiger partial charge in [0.1, 0.15) is 0 Å². The van der Waals surface area contributed by atoms with Crippen LogP contribution in [0.1, 0.15) is 22.0 Å². The minimum atomic E-state index is 0.000556. The molecule has 90 valence electrons. The highest BCUT2D eigenvalue weighted by Crippen LogP contribution is 2.32. The van der Waals surface area contributed by atoms with Gasteiger partial charge in [-0.05, 0) is 70.3 Å². The van der Waals surface area contributed by atoms with E-state index in [9.17, 15) is 0 Å². The van der Waals surface area contributed by atoms with Crippen LogP contribution in [-0.4, -0.2) is 0 Å². The van der Waals surface area contributed by atoms with Crippen LogP contribution in [0.4, 0.5) is 0 Å². The SMILES string of the molecule is Cc1ccsc1C(NN)c1cc(Cl)ccc1I. The number of nitrogens with one attached hydrogen (secondary N) is 1. The Kier molecular flexibility index (Phi) is 4.43. The second-order valence-corrected chi connectivity index (χ2v) is 6.28. The van der Waals surface area contributed by atoms with E-state index in [1.807, 2.05) is 18.2 Å². The summed E-state index contributed by atoms with van der Waals surface area (Å²) < 4.78 is 1.16. The normalized spacial score (nSPS) is 12.7. The van der Waals surface area contributed by atoms with Crippen LogP contribution in [0.3, 0.4) is 0 Å². The summed E-state index contributed by atoms with van der Waals surface area (Å²) in [7, 11) is 0. The molecule has 1 aromatic heterocycles. The zero-order valence-electron chi connectivity index (χ0n) is 9.21. The predicted octanol–water partition coefficient (Wildman–Crippen LogP) is 3.87. The Morgan fingerprint density at radius 3 is 2.76 bits per heavy atom. The van der Waals surface area contributed by atoms with Crippen molar-refractivity contribution in [3.8, 4) is 0 Å². The minimum Gasteiger partial charge on any atom is -0.271 e. The predicted molar refractivity (Wildman–Crippen MR) is 82.4 cm³/mol. The van der Waals surface area contributed by atoms with Gasteiger partial charge in [-0.1, -0.05) is 11.6 Å². The molecule has 17 heavy (non-hydrogen) atoms. The first-order chi connectivity index (χ1) is 8.13. The quantitative estimate of drug-likeness (QED) is 0.483. The third-order valence-corrected chi connectivity index (χ3v) is 4.90. The Morgan fingerprint density at radius 1 is 1.41 bits per heavy atom. The molecule has 0 fully saturated rings. The molecule has 2 aromatic rings. The van der Waals surface area contributed by atoms with E-state index in [2.05, 4.69) is 46.4 Å². The summed E-state index contributed by atoms with van der Waals surface area (Å²) in [6, 6.07) is 7.96. The van der Waals surface area contributed by atoms with Crippen LogP contribution in [0, 0.1) is 10.5 Å². The zero-order valence-corrected chi connectivity index (χ0v) is 12.9. The molecule has 1 atom stereocenters. The molecule has 0 aliphatic heterocycles. The number of hydrazine groups is 1. The number of thiophene rings is 1. The molecule has 0 saturated heterocycles. The number of aryl methyl sites for hydroxylation is 1. The van der Waals surface area contributed by atoms with Crippen LogP contribution in [-0.2, 0) is 0 Å². The molecule has 5 heteroatoms. The van der Waals surface area contributed by atoms with Gasteiger partial charge < -0.3 is 0 Å². The lowest BCUT2D eigenvalue weighted by atomic mass is 10.0. The number of benzene rings is 1. The van der Waals surface area contributed by atoms with Crippen molar-refractivity contribution >= 4 is 45.5 Å². The van der Waals surface area contributed by atoms with Gasteiger partial charge in [0.15, 0.2) is 0 Å². The molecule has 0 amide bonds. The van der Waals surface area contributed by atoms with Crippen molar-refractivity contribution in [1.82, 2.24) is 5.43 Å². The molecule has 2 rings (SSSR count).